The lowest BCUT2D eigenvalue weighted by Gasteiger charge is -2.31. The molecule has 2 unspecified atom stereocenters. The maximum atomic E-state index is 5.99. The Balaban J connectivity index is 1.60. The predicted octanol–water partition coefficient (Wildman–Crippen LogP) is 8.19. The Morgan fingerprint density at radius 1 is 0.643 bits per heavy atom. The van der Waals surface area contributed by atoms with Crippen molar-refractivity contribution in [2.75, 3.05) is 13.2 Å². The van der Waals surface area contributed by atoms with E-state index in [0.29, 0.717) is 0 Å². The summed E-state index contributed by atoms with van der Waals surface area (Å²) < 4.78 is 11.8. The van der Waals surface area contributed by atoms with Crippen molar-refractivity contribution in [3.8, 4) is 11.5 Å². The Morgan fingerprint density at radius 2 is 1.14 bits per heavy atom. The summed E-state index contributed by atoms with van der Waals surface area (Å²) in [5.74, 6) is 3.86. The fourth-order valence-electron chi connectivity index (χ4n) is 4.59. The molecule has 1 fully saturated rings. The van der Waals surface area contributed by atoms with Gasteiger partial charge < -0.3 is 9.47 Å². The van der Waals surface area contributed by atoms with Crippen molar-refractivity contribution in [2.45, 2.75) is 104 Å². The minimum Gasteiger partial charge on any atom is -0.494 e. The molecule has 0 saturated heterocycles. The molecule has 0 amide bonds. The van der Waals surface area contributed by atoms with Crippen LogP contribution in [0.4, 0.5) is 0 Å². The van der Waals surface area contributed by atoms with Gasteiger partial charge in [-0.15, -0.1) is 0 Å². The molecule has 0 radical (unpaired) electrons. The molecule has 1 aromatic rings. The Bertz CT molecular complexity index is 482. The van der Waals surface area contributed by atoms with Crippen LogP contribution in [0.25, 0.3) is 0 Å². The van der Waals surface area contributed by atoms with Crippen LogP contribution in [0.1, 0.15) is 104 Å². The van der Waals surface area contributed by atoms with Crippen molar-refractivity contribution in [3.63, 3.8) is 0 Å². The lowest BCUT2D eigenvalue weighted by Crippen LogP contribution is -2.20. The molecule has 1 aliphatic rings. The Hall–Kier alpha value is -1.18. The quantitative estimate of drug-likeness (QED) is 0.282. The van der Waals surface area contributed by atoms with Gasteiger partial charge in [0.05, 0.1) is 13.2 Å². The van der Waals surface area contributed by atoms with Gasteiger partial charge in [-0.05, 0) is 55.4 Å². The van der Waals surface area contributed by atoms with Crippen molar-refractivity contribution in [2.24, 2.45) is 11.8 Å². The van der Waals surface area contributed by atoms with Gasteiger partial charge in [-0.25, -0.2) is 0 Å². The zero-order chi connectivity index (χ0) is 19.9. The maximum absolute atomic E-state index is 5.99. The van der Waals surface area contributed by atoms with Gasteiger partial charge in [0, 0.05) is 0 Å². The smallest absolute Gasteiger partial charge is 0.119 e. The molecule has 0 aromatic heterocycles. The van der Waals surface area contributed by atoms with Gasteiger partial charge >= 0.3 is 0 Å². The van der Waals surface area contributed by atoms with E-state index < -0.39 is 0 Å². The van der Waals surface area contributed by atoms with Crippen LogP contribution in [0.3, 0.4) is 0 Å². The summed E-state index contributed by atoms with van der Waals surface area (Å²) in [6, 6.07) is 8.19. The highest BCUT2D eigenvalue weighted by molar-refractivity contribution is 5.31. The van der Waals surface area contributed by atoms with E-state index in [9.17, 15) is 0 Å². The van der Waals surface area contributed by atoms with Crippen LogP contribution >= 0.6 is 0 Å². The first kappa shape index (κ1) is 23.1. The molecule has 2 nitrogen and oxygen atoms in total. The Kier molecular flexibility index (Phi) is 12.2. The highest BCUT2D eigenvalue weighted by Crippen LogP contribution is 2.36. The summed E-state index contributed by atoms with van der Waals surface area (Å²) in [5.41, 5.74) is 0. The second kappa shape index (κ2) is 14.8. The molecule has 160 valence electrons. The molecule has 1 saturated carbocycles. The van der Waals surface area contributed by atoms with Crippen LogP contribution in [-0.4, -0.2) is 13.2 Å². The van der Waals surface area contributed by atoms with Gasteiger partial charge in [0.2, 0.25) is 0 Å². The third-order valence-electron chi connectivity index (χ3n) is 6.32. The minimum absolute atomic E-state index is 0.820. The molecule has 0 spiro atoms. The van der Waals surface area contributed by atoms with Crippen LogP contribution in [0.15, 0.2) is 24.3 Å². The van der Waals surface area contributed by atoms with Crippen LogP contribution in [0.2, 0.25) is 0 Å². The van der Waals surface area contributed by atoms with Crippen LogP contribution in [-0.2, 0) is 0 Å². The second-order valence-corrected chi connectivity index (χ2v) is 8.67. The average molecular weight is 389 g/mol. The molecule has 2 rings (SSSR count). The van der Waals surface area contributed by atoms with E-state index in [4.69, 9.17) is 9.47 Å². The van der Waals surface area contributed by atoms with Gasteiger partial charge in [-0.2, -0.15) is 0 Å². The van der Waals surface area contributed by atoms with Gasteiger partial charge in [0.25, 0.3) is 0 Å². The van der Waals surface area contributed by atoms with Crippen molar-refractivity contribution >= 4 is 0 Å². The van der Waals surface area contributed by atoms with Gasteiger partial charge in [-0.3, -0.25) is 0 Å². The predicted molar refractivity (Wildman–Crippen MR) is 120 cm³/mol. The van der Waals surface area contributed by atoms with Gasteiger partial charge in [-0.1, -0.05) is 84.5 Å². The monoisotopic (exact) mass is 388 g/mol. The van der Waals surface area contributed by atoms with Crippen LogP contribution < -0.4 is 9.47 Å². The van der Waals surface area contributed by atoms with Crippen LogP contribution in [0.5, 0.6) is 11.5 Å². The van der Waals surface area contributed by atoms with Crippen molar-refractivity contribution in [1.29, 1.82) is 0 Å². The number of unbranched alkanes of at least 4 members (excludes halogenated alkanes) is 5. The highest BCUT2D eigenvalue weighted by atomic mass is 16.5. The lowest BCUT2D eigenvalue weighted by atomic mass is 9.74. The third-order valence-corrected chi connectivity index (χ3v) is 6.32. The van der Waals surface area contributed by atoms with E-state index in [-0.39, 0.29) is 0 Å². The number of benzene rings is 1. The number of hydrogen-bond acceptors (Lipinski definition) is 2. The molecule has 0 bridgehead atoms. The largest absolute Gasteiger partial charge is 0.494 e. The molecule has 1 aliphatic carbocycles. The highest BCUT2D eigenvalue weighted by Gasteiger charge is 2.24. The first-order valence-corrected chi connectivity index (χ1v) is 12.2. The molecule has 0 N–H and O–H groups in total. The van der Waals surface area contributed by atoms with Gasteiger partial charge in [0.15, 0.2) is 0 Å². The number of hydrogen-bond donors (Lipinski definition) is 0. The maximum Gasteiger partial charge on any atom is 0.119 e. The number of rotatable bonds is 15. The van der Waals surface area contributed by atoms with E-state index in [2.05, 4.69) is 26.0 Å². The van der Waals surface area contributed by atoms with E-state index >= 15 is 0 Å². The zero-order valence-electron chi connectivity index (χ0n) is 18.6. The van der Waals surface area contributed by atoms with Crippen LogP contribution in [0, 0.1) is 11.8 Å². The van der Waals surface area contributed by atoms with E-state index in [1.807, 2.05) is 12.1 Å². The molecule has 0 aliphatic heterocycles. The van der Waals surface area contributed by atoms with Crippen molar-refractivity contribution in [3.05, 3.63) is 24.3 Å². The van der Waals surface area contributed by atoms with Gasteiger partial charge in [0.1, 0.15) is 11.5 Å². The summed E-state index contributed by atoms with van der Waals surface area (Å²) >= 11 is 0. The Labute approximate surface area is 174 Å². The van der Waals surface area contributed by atoms with E-state index in [0.717, 1.165) is 43.0 Å². The van der Waals surface area contributed by atoms with E-state index in [1.165, 1.54) is 83.5 Å². The molecule has 2 heteroatoms. The summed E-state index contributed by atoms with van der Waals surface area (Å²) in [6.07, 6.45) is 19.0. The average Bonchev–Trinajstić information content (AvgIpc) is 2.73. The molecule has 2 atom stereocenters. The van der Waals surface area contributed by atoms with Crippen molar-refractivity contribution in [1.82, 2.24) is 0 Å². The molecular formula is C26H44O2. The minimum atomic E-state index is 0.820. The standard InChI is InChI=1S/C26H44O2/c1-3-5-7-11-21-27-25-17-19-26(20-18-25)28-22-12-16-24-15-10-9-14-23(24)13-8-6-4-2/h17-20,23-24H,3-16,21-22H2,1-2H3. The third kappa shape index (κ3) is 9.34. The Morgan fingerprint density at radius 3 is 1.71 bits per heavy atom. The summed E-state index contributed by atoms with van der Waals surface area (Å²) in [7, 11) is 0. The first-order valence-electron chi connectivity index (χ1n) is 12.2. The fraction of sp³-hybridized carbons (Fsp3) is 0.769. The fourth-order valence-corrected chi connectivity index (χ4v) is 4.59. The normalized spacial score (nSPS) is 19.5. The second-order valence-electron chi connectivity index (χ2n) is 8.67. The van der Waals surface area contributed by atoms with E-state index in [1.54, 1.807) is 0 Å². The lowest BCUT2D eigenvalue weighted by molar-refractivity contribution is 0.190. The first-order chi connectivity index (χ1) is 13.8. The summed E-state index contributed by atoms with van der Waals surface area (Å²) in [5, 5.41) is 0. The zero-order valence-corrected chi connectivity index (χ0v) is 18.6. The molecule has 28 heavy (non-hydrogen) atoms. The molecule has 1 aromatic carbocycles. The SMILES string of the molecule is CCCCCCOc1ccc(OCCCC2CCCCC2CCCCC)cc1. The molecule has 0 heterocycles. The topological polar surface area (TPSA) is 18.5 Å². The number of ether oxygens (including phenoxy) is 2. The summed E-state index contributed by atoms with van der Waals surface area (Å²) in [4.78, 5) is 0. The van der Waals surface area contributed by atoms with Crippen molar-refractivity contribution < 1.29 is 9.47 Å². The summed E-state index contributed by atoms with van der Waals surface area (Å²) in [6.45, 7) is 6.21. The molecular weight excluding hydrogens is 344 g/mol.